The van der Waals surface area contributed by atoms with Crippen molar-refractivity contribution < 1.29 is 22.7 Å². The molecular weight excluding hydrogens is 427 g/mol. The fraction of sp³-hybridized carbons (Fsp3) is 0.200. The molecule has 0 aliphatic carbocycles. The van der Waals surface area contributed by atoms with E-state index in [1.54, 1.807) is 19.1 Å². The molecular formula is C20H16F3N7O2. The summed E-state index contributed by atoms with van der Waals surface area (Å²) in [6.45, 7) is 1.99. The second-order valence-corrected chi connectivity index (χ2v) is 7.24. The lowest BCUT2D eigenvalue weighted by Crippen LogP contribution is -2.22. The monoisotopic (exact) mass is 443 g/mol. The van der Waals surface area contributed by atoms with Gasteiger partial charge in [0.1, 0.15) is 11.5 Å². The molecule has 4 heterocycles. The molecule has 0 saturated carbocycles. The van der Waals surface area contributed by atoms with Gasteiger partial charge in [0.15, 0.2) is 11.9 Å². The summed E-state index contributed by atoms with van der Waals surface area (Å²) >= 11 is 0. The van der Waals surface area contributed by atoms with Gasteiger partial charge in [-0.1, -0.05) is 0 Å². The molecule has 1 aromatic carbocycles. The number of alkyl carbamates (subject to hydrolysis) is 1. The summed E-state index contributed by atoms with van der Waals surface area (Å²) in [6, 6.07) is 8.69. The molecule has 0 radical (unpaired) electrons. The molecule has 12 heteroatoms. The number of H-pyrrole nitrogens is 1. The van der Waals surface area contributed by atoms with Crippen LogP contribution in [-0.2, 0) is 10.7 Å². The van der Waals surface area contributed by atoms with Gasteiger partial charge in [0.2, 0.25) is 11.8 Å². The van der Waals surface area contributed by atoms with E-state index in [2.05, 4.69) is 30.8 Å². The van der Waals surface area contributed by atoms with Crippen molar-refractivity contribution in [2.24, 2.45) is 0 Å². The van der Waals surface area contributed by atoms with Crippen molar-refractivity contribution in [2.45, 2.75) is 19.0 Å². The molecule has 5 rings (SSSR count). The molecule has 1 aliphatic rings. The highest BCUT2D eigenvalue weighted by Crippen LogP contribution is 2.35. The summed E-state index contributed by atoms with van der Waals surface area (Å²) in [4.78, 5) is 19.6. The number of benzene rings is 1. The minimum absolute atomic E-state index is 0.00114. The van der Waals surface area contributed by atoms with Gasteiger partial charge >= 0.3 is 12.0 Å². The number of aryl methyl sites for hydroxylation is 1. The first-order valence-corrected chi connectivity index (χ1v) is 9.58. The van der Waals surface area contributed by atoms with Crippen LogP contribution in [0.2, 0.25) is 0 Å². The van der Waals surface area contributed by atoms with Gasteiger partial charge in [0.25, 0.3) is 0 Å². The highest BCUT2D eigenvalue weighted by atomic mass is 19.3. The van der Waals surface area contributed by atoms with Crippen molar-refractivity contribution in [3.8, 4) is 0 Å². The number of amides is 1. The van der Waals surface area contributed by atoms with E-state index < -0.39 is 35.3 Å². The Labute approximate surface area is 178 Å². The molecule has 1 fully saturated rings. The number of halogens is 3. The van der Waals surface area contributed by atoms with Crippen LogP contribution in [0.4, 0.5) is 29.7 Å². The van der Waals surface area contributed by atoms with Gasteiger partial charge in [-0.3, -0.25) is 9.50 Å². The predicted octanol–water partition coefficient (Wildman–Crippen LogP) is 3.56. The molecule has 32 heavy (non-hydrogen) atoms. The van der Waals surface area contributed by atoms with Gasteiger partial charge in [-0.25, -0.2) is 14.2 Å². The number of nitrogens with zero attached hydrogens (tertiary/aromatic N) is 4. The lowest BCUT2D eigenvalue weighted by molar-refractivity contribution is 0.0329. The van der Waals surface area contributed by atoms with Crippen LogP contribution in [0, 0.1) is 12.7 Å². The first-order chi connectivity index (χ1) is 15.3. The van der Waals surface area contributed by atoms with Crippen molar-refractivity contribution in [3.05, 3.63) is 71.1 Å². The molecule has 1 saturated heterocycles. The van der Waals surface area contributed by atoms with Crippen LogP contribution in [0.3, 0.4) is 0 Å². The van der Waals surface area contributed by atoms with Gasteiger partial charge < -0.3 is 15.4 Å². The van der Waals surface area contributed by atoms with E-state index >= 15 is 8.78 Å². The minimum Gasteiger partial charge on any atom is -0.438 e. The fourth-order valence-electron chi connectivity index (χ4n) is 3.46. The van der Waals surface area contributed by atoms with E-state index in [1.807, 2.05) is 0 Å². The summed E-state index contributed by atoms with van der Waals surface area (Å²) in [5.74, 6) is -4.66. The summed E-state index contributed by atoms with van der Waals surface area (Å²) < 4.78 is 50.4. The molecule has 3 aromatic heterocycles. The zero-order chi connectivity index (χ0) is 22.5. The Kier molecular flexibility index (Phi) is 4.50. The van der Waals surface area contributed by atoms with Crippen LogP contribution in [0.25, 0.3) is 5.65 Å². The largest absolute Gasteiger partial charge is 0.438 e. The normalized spacial score (nSPS) is 16.2. The van der Waals surface area contributed by atoms with Crippen molar-refractivity contribution >= 4 is 23.5 Å². The van der Waals surface area contributed by atoms with Crippen LogP contribution < -0.4 is 10.6 Å². The molecule has 1 unspecified atom stereocenters. The Morgan fingerprint density at radius 3 is 2.62 bits per heavy atom. The maximum absolute atomic E-state index is 15.2. The maximum Gasteiger partial charge on any atom is 0.408 e. The number of carbonyl (C=O) groups is 1. The Balaban J connectivity index is 1.65. The van der Waals surface area contributed by atoms with Crippen molar-refractivity contribution in [2.75, 3.05) is 11.9 Å². The standard InChI is InChI=1S/C20H16F3N7O2/c1-10-8-15(29-28-10)25-18-27-17(20(22,23)11-2-4-12(21)5-3-11)26-16-7-6-13(30(16)18)14-9-24-19(31)32-14/h2-8,14H,9H2,1H3,(H,24,31)(H2,25,26,27,28,29). The molecule has 0 bridgehead atoms. The van der Waals surface area contributed by atoms with Gasteiger partial charge in [-0.05, 0) is 43.3 Å². The van der Waals surface area contributed by atoms with Crippen LogP contribution in [0.15, 0.2) is 42.5 Å². The van der Waals surface area contributed by atoms with E-state index in [0.29, 0.717) is 11.5 Å². The number of hydrogen-bond acceptors (Lipinski definition) is 6. The van der Waals surface area contributed by atoms with E-state index in [-0.39, 0.29) is 18.1 Å². The second kappa shape index (κ2) is 7.25. The Hall–Kier alpha value is -4.09. The average Bonchev–Trinajstić information content (AvgIpc) is 3.48. The highest BCUT2D eigenvalue weighted by molar-refractivity contribution is 5.70. The van der Waals surface area contributed by atoms with E-state index in [0.717, 1.165) is 30.0 Å². The molecule has 1 aliphatic heterocycles. The number of ether oxygens (including phenoxy) is 1. The third-order valence-corrected chi connectivity index (χ3v) is 4.98. The lowest BCUT2D eigenvalue weighted by Gasteiger charge is -2.18. The van der Waals surface area contributed by atoms with E-state index in [1.165, 1.54) is 10.5 Å². The number of anilines is 2. The number of aromatic nitrogens is 5. The van der Waals surface area contributed by atoms with Crippen LogP contribution in [-0.4, -0.2) is 37.2 Å². The molecule has 4 aromatic rings. The maximum atomic E-state index is 15.2. The minimum atomic E-state index is -3.60. The highest BCUT2D eigenvalue weighted by Gasteiger charge is 2.39. The zero-order valence-corrected chi connectivity index (χ0v) is 16.6. The third-order valence-electron chi connectivity index (χ3n) is 4.98. The number of rotatable bonds is 5. The van der Waals surface area contributed by atoms with Crippen LogP contribution >= 0.6 is 0 Å². The van der Waals surface area contributed by atoms with Crippen molar-refractivity contribution in [1.82, 2.24) is 29.9 Å². The second-order valence-electron chi connectivity index (χ2n) is 7.24. The van der Waals surface area contributed by atoms with Gasteiger partial charge in [-0.15, -0.1) is 0 Å². The molecule has 164 valence electrons. The fourth-order valence-corrected chi connectivity index (χ4v) is 3.46. The van der Waals surface area contributed by atoms with Gasteiger partial charge in [0, 0.05) is 17.3 Å². The van der Waals surface area contributed by atoms with Crippen molar-refractivity contribution in [1.29, 1.82) is 0 Å². The van der Waals surface area contributed by atoms with Gasteiger partial charge in [-0.2, -0.15) is 18.9 Å². The number of cyclic esters (lactones) is 1. The quantitative estimate of drug-likeness (QED) is 0.435. The van der Waals surface area contributed by atoms with Crippen molar-refractivity contribution in [3.63, 3.8) is 0 Å². The number of aromatic amines is 1. The summed E-state index contributed by atoms with van der Waals surface area (Å²) in [7, 11) is 0. The van der Waals surface area contributed by atoms with Crippen LogP contribution in [0.5, 0.6) is 0 Å². The number of hydrogen-bond donors (Lipinski definition) is 3. The number of carbonyl (C=O) groups excluding carboxylic acids is 1. The summed E-state index contributed by atoms with van der Waals surface area (Å²) in [5.41, 5.74) is 0.941. The predicted molar refractivity (Wildman–Crippen MR) is 106 cm³/mol. The number of alkyl halides is 2. The van der Waals surface area contributed by atoms with Crippen LogP contribution in [0.1, 0.15) is 28.9 Å². The van der Waals surface area contributed by atoms with Gasteiger partial charge in [0.05, 0.1) is 12.2 Å². The first-order valence-electron chi connectivity index (χ1n) is 9.58. The Bertz CT molecular complexity index is 1320. The molecule has 1 amide bonds. The SMILES string of the molecule is Cc1cc(Nc2nc(C(F)(F)c3ccc(F)cc3)nc3ccc(C4CNC(=O)O4)n23)n[nH]1. The summed E-state index contributed by atoms with van der Waals surface area (Å²) in [5, 5.41) is 12.3. The van der Waals surface area contributed by atoms with E-state index in [4.69, 9.17) is 4.74 Å². The molecule has 0 spiro atoms. The number of fused-ring (bicyclic) bond motifs is 1. The lowest BCUT2D eigenvalue weighted by atomic mass is 10.1. The zero-order valence-electron chi connectivity index (χ0n) is 16.6. The Morgan fingerprint density at radius 2 is 1.97 bits per heavy atom. The molecule has 9 nitrogen and oxygen atoms in total. The topological polar surface area (TPSA) is 109 Å². The third kappa shape index (κ3) is 3.39. The smallest absolute Gasteiger partial charge is 0.408 e. The molecule has 3 N–H and O–H groups in total. The summed E-state index contributed by atoms with van der Waals surface area (Å²) in [6.07, 6.45) is -1.23. The average molecular weight is 443 g/mol. The first kappa shape index (κ1) is 19.8. The Morgan fingerprint density at radius 1 is 1.19 bits per heavy atom. The van der Waals surface area contributed by atoms with E-state index in [9.17, 15) is 9.18 Å². The molecule has 1 atom stereocenters. The number of nitrogens with one attached hydrogen (secondary N) is 3.